The lowest BCUT2D eigenvalue weighted by Crippen LogP contribution is -2.21. The van der Waals surface area contributed by atoms with Gasteiger partial charge in [-0.25, -0.2) is 4.98 Å². The predicted octanol–water partition coefficient (Wildman–Crippen LogP) is 6.40. The SMILES string of the molecule is Cc1ccc(-c2c(C)sc3ncn(Cc4ccc(C(C)(C)C)cc4)c(=O)c23)cc1C. The first-order valence-electron chi connectivity index (χ1n) is 10.3. The molecule has 0 radical (unpaired) electrons. The van der Waals surface area contributed by atoms with Gasteiger partial charge < -0.3 is 0 Å². The largest absolute Gasteiger partial charge is 0.294 e. The highest BCUT2D eigenvalue weighted by Gasteiger charge is 2.18. The number of benzene rings is 2. The van der Waals surface area contributed by atoms with Crippen molar-refractivity contribution in [2.24, 2.45) is 0 Å². The fraction of sp³-hybridized carbons (Fsp3) is 0.308. The zero-order valence-electron chi connectivity index (χ0n) is 18.5. The molecule has 3 nitrogen and oxygen atoms in total. The normalized spacial score (nSPS) is 11.9. The van der Waals surface area contributed by atoms with E-state index >= 15 is 0 Å². The molecule has 0 unspecified atom stereocenters. The van der Waals surface area contributed by atoms with Crippen LogP contribution in [0.5, 0.6) is 0 Å². The summed E-state index contributed by atoms with van der Waals surface area (Å²) in [5.74, 6) is 0. The molecule has 0 atom stereocenters. The van der Waals surface area contributed by atoms with Crippen LogP contribution in [-0.2, 0) is 12.0 Å². The van der Waals surface area contributed by atoms with Gasteiger partial charge in [-0.05, 0) is 54.0 Å². The molecule has 2 heterocycles. The van der Waals surface area contributed by atoms with Crippen molar-refractivity contribution in [2.45, 2.75) is 53.5 Å². The Morgan fingerprint density at radius 2 is 1.67 bits per heavy atom. The Bertz CT molecular complexity index is 1290. The van der Waals surface area contributed by atoms with E-state index in [1.54, 1.807) is 22.2 Å². The van der Waals surface area contributed by atoms with Crippen molar-refractivity contribution < 1.29 is 0 Å². The third-order valence-corrected chi connectivity index (χ3v) is 6.84. The summed E-state index contributed by atoms with van der Waals surface area (Å²) < 4.78 is 1.73. The Morgan fingerprint density at radius 1 is 0.967 bits per heavy atom. The van der Waals surface area contributed by atoms with Gasteiger partial charge >= 0.3 is 0 Å². The van der Waals surface area contributed by atoms with Crippen molar-refractivity contribution in [3.8, 4) is 11.1 Å². The molecule has 0 aliphatic heterocycles. The molecule has 0 saturated carbocycles. The Kier molecular flexibility index (Phi) is 5.15. The highest BCUT2D eigenvalue weighted by molar-refractivity contribution is 7.19. The molecule has 0 saturated heterocycles. The molecule has 2 aromatic carbocycles. The monoisotopic (exact) mass is 416 g/mol. The fourth-order valence-electron chi connectivity index (χ4n) is 3.80. The van der Waals surface area contributed by atoms with E-state index in [0.29, 0.717) is 6.54 Å². The zero-order chi connectivity index (χ0) is 21.6. The average molecular weight is 417 g/mol. The third kappa shape index (κ3) is 3.72. The van der Waals surface area contributed by atoms with E-state index in [9.17, 15) is 4.79 Å². The highest BCUT2D eigenvalue weighted by atomic mass is 32.1. The molecule has 0 amide bonds. The molecule has 0 bridgehead atoms. The van der Waals surface area contributed by atoms with E-state index in [4.69, 9.17) is 0 Å². The maximum atomic E-state index is 13.4. The molecule has 4 rings (SSSR count). The van der Waals surface area contributed by atoms with Crippen molar-refractivity contribution in [3.63, 3.8) is 0 Å². The highest BCUT2D eigenvalue weighted by Crippen LogP contribution is 2.36. The number of thiophene rings is 1. The van der Waals surface area contributed by atoms with Gasteiger partial charge in [-0.3, -0.25) is 9.36 Å². The molecule has 0 aliphatic rings. The summed E-state index contributed by atoms with van der Waals surface area (Å²) in [5, 5.41) is 0.731. The summed E-state index contributed by atoms with van der Waals surface area (Å²) in [6, 6.07) is 14.9. The molecular formula is C26H28N2OS. The van der Waals surface area contributed by atoms with Crippen molar-refractivity contribution >= 4 is 21.6 Å². The second-order valence-corrected chi connectivity index (χ2v) is 10.3. The van der Waals surface area contributed by atoms with Crippen LogP contribution in [0.3, 0.4) is 0 Å². The van der Waals surface area contributed by atoms with Crippen molar-refractivity contribution in [1.82, 2.24) is 9.55 Å². The topological polar surface area (TPSA) is 34.9 Å². The Morgan fingerprint density at radius 3 is 2.30 bits per heavy atom. The van der Waals surface area contributed by atoms with E-state index in [1.165, 1.54) is 16.7 Å². The molecule has 0 spiro atoms. The average Bonchev–Trinajstić information content (AvgIpc) is 3.03. The fourth-order valence-corrected chi connectivity index (χ4v) is 4.80. The van der Waals surface area contributed by atoms with E-state index in [0.717, 1.165) is 31.8 Å². The smallest absolute Gasteiger partial charge is 0.263 e. The molecular weight excluding hydrogens is 388 g/mol. The van der Waals surface area contributed by atoms with Crippen LogP contribution in [0.15, 0.2) is 53.6 Å². The van der Waals surface area contributed by atoms with Gasteiger partial charge in [0.2, 0.25) is 0 Å². The second kappa shape index (κ2) is 7.51. The lowest BCUT2D eigenvalue weighted by Gasteiger charge is -2.19. The Hall–Kier alpha value is -2.72. The van der Waals surface area contributed by atoms with Gasteiger partial charge in [0.25, 0.3) is 5.56 Å². The Balaban J connectivity index is 1.79. The van der Waals surface area contributed by atoms with Gasteiger partial charge in [0.15, 0.2) is 0 Å². The summed E-state index contributed by atoms with van der Waals surface area (Å²) >= 11 is 1.59. The number of aryl methyl sites for hydroxylation is 3. The van der Waals surface area contributed by atoms with E-state index in [-0.39, 0.29) is 11.0 Å². The van der Waals surface area contributed by atoms with Gasteiger partial charge in [0, 0.05) is 10.4 Å². The second-order valence-electron chi connectivity index (χ2n) is 9.14. The minimum absolute atomic E-state index is 0.0254. The zero-order valence-corrected chi connectivity index (χ0v) is 19.4. The van der Waals surface area contributed by atoms with Crippen LogP contribution in [0.25, 0.3) is 21.3 Å². The van der Waals surface area contributed by atoms with Crippen molar-refractivity contribution in [1.29, 1.82) is 0 Å². The lowest BCUT2D eigenvalue weighted by molar-refractivity contribution is 0.589. The van der Waals surface area contributed by atoms with Crippen LogP contribution in [0.2, 0.25) is 0 Å². The minimum Gasteiger partial charge on any atom is -0.294 e. The number of fused-ring (bicyclic) bond motifs is 1. The summed E-state index contributed by atoms with van der Waals surface area (Å²) in [6.07, 6.45) is 1.68. The van der Waals surface area contributed by atoms with Gasteiger partial charge in [-0.2, -0.15) is 0 Å². The summed E-state index contributed by atoms with van der Waals surface area (Å²) in [5.41, 5.74) is 7.13. The van der Waals surface area contributed by atoms with Crippen LogP contribution in [0.1, 0.15) is 47.9 Å². The molecule has 30 heavy (non-hydrogen) atoms. The maximum absolute atomic E-state index is 13.4. The van der Waals surface area contributed by atoms with E-state index in [1.807, 2.05) is 0 Å². The minimum atomic E-state index is 0.0254. The number of rotatable bonds is 3. The predicted molar refractivity (Wildman–Crippen MR) is 128 cm³/mol. The number of hydrogen-bond acceptors (Lipinski definition) is 3. The number of aromatic nitrogens is 2. The molecule has 0 fully saturated rings. The standard InChI is InChI=1S/C26H28N2OS/c1-16-7-10-20(13-17(16)2)22-18(3)30-24-23(22)25(29)28(15-27-24)14-19-8-11-21(12-9-19)26(4,5)6/h7-13,15H,14H2,1-6H3. The maximum Gasteiger partial charge on any atom is 0.263 e. The van der Waals surface area contributed by atoms with Gasteiger partial charge in [0.05, 0.1) is 18.3 Å². The van der Waals surface area contributed by atoms with Gasteiger partial charge in [-0.1, -0.05) is 63.2 Å². The van der Waals surface area contributed by atoms with Crippen LogP contribution >= 0.6 is 11.3 Å². The van der Waals surface area contributed by atoms with Crippen LogP contribution in [-0.4, -0.2) is 9.55 Å². The summed E-state index contributed by atoms with van der Waals surface area (Å²) in [6.45, 7) is 13.4. The molecule has 2 aromatic heterocycles. The molecule has 0 N–H and O–H groups in total. The van der Waals surface area contributed by atoms with E-state index < -0.39 is 0 Å². The summed E-state index contributed by atoms with van der Waals surface area (Å²) in [4.78, 5) is 20.0. The van der Waals surface area contributed by atoms with Gasteiger partial charge in [-0.15, -0.1) is 11.3 Å². The molecule has 4 heteroatoms. The van der Waals surface area contributed by atoms with Gasteiger partial charge in [0.1, 0.15) is 4.83 Å². The van der Waals surface area contributed by atoms with Crippen LogP contribution in [0, 0.1) is 20.8 Å². The first kappa shape index (κ1) is 20.5. The van der Waals surface area contributed by atoms with E-state index in [2.05, 4.69) is 89.0 Å². The third-order valence-electron chi connectivity index (χ3n) is 5.82. The Labute approximate surface area is 182 Å². The first-order valence-corrected chi connectivity index (χ1v) is 11.1. The molecule has 0 aliphatic carbocycles. The number of hydrogen-bond donors (Lipinski definition) is 0. The quantitative estimate of drug-likeness (QED) is 0.387. The van der Waals surface area contributed by atoms with Crippen LogP contribution < -0.4 is 5.56 Å². The molecule has 4 aromatic rings. The lowest BCUT2D eigenvalue weighted by atomic mass is 9.87. The summed E-state index contributed by atoms with van der Waals surface area (Å²) in [7, 11) is 0. The molecule has 154 valence electrons. The first-order chi connectivity index (χ1) is 14.1. The number of nitrogens with zero attached hydrogens (tertiary/aromatic N) is 2. The van der Waals surface area contributed by atoms with Crippen molar-refractivity contribution in [2.75, 3.05) is 0 Å². The van der Waals surface area contributed by atoms with Crippen molar-refractivity contribution in [3.05, 3.63) is 86.3 Å². The van der Waals surface area contributed by atoms with Crippen LogP contribution in [0.4, 0.5) is 0 Å².